The number of nitrogens with zero attached hydrogens (tertiary/aromatic N) is 4. The Morgan fingerprint density at radius 1 is 1.22 bits per heavy atom. The monoisotopic (exact) mass is 249 g/mol. The van der Waals surface area contributed by atoms with Gasteiger partial charge in [-0.05, 0) is 33.0 Å². The molecule has 5 N–H and O–H groups in total. The molecule has 1 saturated heterocycles. The molecule has 1 aromatic heterocycles. The number of nitrogens with two attached hydrogens (primary N) is 2. The lowest BCUT2D eigenvalue weighted by atomic mass is 10.1. The summed E-state index contributed by atoms with van der Waals surface area (Å²) in [5, 5.41) is 2.21. The van der Waals surface area contributed by atoms with Gasteiger partial charge in [0.25, 0.3) is 0 Å². The van der Waals surface area contributed by atoms with Crippen LogP contribution in [0.4, 0.5) is 17.6 Å². The maximum absolute atomic E-state index is 5.88. The zero-order chi connectivity index (χ0) is 12.7. The molecule has 7 heteroatoms. The number of hydrogen-bond acceptors (Lipinski definition) is 7. The molecule has 0 spiro atoms. The van der Waals surface area contributed by atoms with Gasteiger partial charge in [-0.1, -0.05) is 0 Å². The molecule has 0 bridgehead atoms. The standard InChI is InChI=1S/C11H19N7/c1-17-4-2-7(3-5-17)18-6-8-9(12)14-11(13)15-10(8)16-18/h7H,2-6H2,1H3,(H5,12,13,14,15,16). The Morgan fingerprint density at radius 2 is 1.94 bits per heavy atom. The lowest BCUT2D eigenvalue weighted by Crippen LogP contribution is -2.43. The van der Waals surface area contributed by atoms with Crippen LogP contribution >= 0.6 is 0 Å². The fraction of sp³-hybridized carbons (Fsp3) is 0.636. The second-order valence-corrected chi connectivity index (χ2v) is 5.07. The van der Waals surface area contributed by atoms with Crippen LogP contribution in [0.3, 0.4) is 0 Å². The van der Waals surface area contributed by atoms with E-state index in [2.05, 4.69) is 32.4 Å². The molecule has 18 heavy (non-hydrogen) atoms. The molecule has 0 amide bonds. The Balaban J connectivity index is 1.75. The lowest BCUT2D eigenvalue weighted by molar-refractivity contribution is 0.145. The summed E-state index contributed by atoms with van der Waals surface area (Å²) < 4.78 is 0. The number of piperidine rings is 1. The minimum Gasteiger partial charge on any atom is -0.383 e. The maximum atomic E-state index is 5.88. The molecule has 0 aliphatic carbocycles. The van der Waals surface area contributed by atoms with Gasteiger partial charge in [0, 0.05) is 6.04 Å². The first-order valence-corrected chi connectivity index (χ1v) is 6.27. The average Bonchev–Trinajstić information content (AvgIpc) is 2.74. The Kier molecular flexibility index (Phi) is 2.71. The molecule has 1 aromatic rings. The molecule has 0 saturated carbocycles. The molecule has 0 atom stereocenters. The van der Waals surface area contributed by atoms with E-state index in [0.29, 0.717) is 11.9 Å². The normalized spacial score (nSPS) is 21.8. The van der Waals surface area contributed by atoms with Crippen LogP contribution in [0.15, 0.2) is 0 Å². The van der Waals surface area contributed by atoms with Crippen molar-refractivity contribution < 1.29 is 0 Å². The van der Waals surface area contributed by atoms with Crippen molar-refractivity contribution in [3.05, 3.63) is 5.56 Å². The first-order chi connectivity index (χ1) is 8.63. The summed E-state index contributed by atoms with van der Waals surface area (Å²) in [6.07, 6.45) is 2.31. The van der Waals surface area contributed by atoms with Crippen molar-refractivity contribution in [2.75, 3.05) is 37.0 Å². The zero-order valence-electron chi connectivity index (χ0n) is 10.6. The predicted molar refractivity (Wildman–Crippen MR) is 70.5 cm³/mol. The van der Waals surface area contributed by atoms with Crippen molar-refractivity contribution in [2.45, 2.75) is 25.4 Å². The Bertz CT molecular complexity index is 453. The van der Waals surface area contributed by atoms with Crippen LogP contribution in [0.2, 0.25) is 0 Å². The number of nitrogen functional groups attached to an aromatic ring is 2. The van der Waals surface area contributed by atoms with Crippen molar-refractivity contribution in [3.63, 3.8) is 0 Å². The highest BCUT2D eigenvalue weighted by Crippen LogP contribution is 2.30. The molecule has 98 valence electrons. The number of anilines is 3. The van der Waals surface area contributed by atoms with Crippen molar-refractivity contribution >= 4 is 17.6 Å². The van der Waals surface area contributed by atoms with Gasteiger partial charge in [0.15, 0.2) is 5.82 Å². The Hall–Kier alpha value is -1.60. The highest BCUT2D eigenvalue weighted by atomic mass is 15.6. The minimum atomic E-state index is 0.226. The number of aromatic nitrogens is 2. The predicted octanol–water partition coefficient (Wildman–Crippen LogP) is -0.122. The van der Waals surface area contributed by atoms with Crippen LogP contribution < -0.4 is 16.9 Å². The van der Waals surface area contributed by atoms with E-state index in [0.717, 1.165) is 43.9 Å². The molecule has 7 nitrogen and oxygen atoms in total. The first-order valence-electron chi connectivity index (χ1n) is 6.27. The highest BCUT2D eigenvalue weighted by molar-refractivity contribution is 5.60. The van der Waals surface area contributed by atoms with Crippen LogP contribution in [0.5, 0.6) is 0 Å². The second kappa shape index (κ2) is 4.25. The highest BCUT2D eigenvalue weighted by Gasteiger charge is 2.30. The summed E-state index contributed by atoms with van der Waals surface area (Å²) in [6.45, 7) is 3.01. The minimum absolute atomic E-state index is 0.226. The third kappa shape index (κ3) is 1.95. The molecule has 0 unspecified atom stereocenters. The first kappa shape index (κ1) is 11.5. The van der Waals surface area contributed by atoms with Gasteiger partial charge >= 0.3 is 0 Å². The van der Waals surface area contributed by atoms with E-state index in [1.165, 1.54) is 0 Å². The summed E-state index contributed by atoms with van der Waals surface area (Å²) in [5.41, 5.74) is 15.8. The van der Waals surface area contributed by atoms with E-state index < -0.39 is 0 Å². The van der Waals surface area contributed by atoms with Crippen LogP contribution in [-0.2, 0) is 6.54 Å². The molecular formula is C11H19N7. The van der Waals surface area contributed by atoms with Crippen LogP contribution in [-0.4, -0.2) is 46.1 Å². The van der Waals surface area contributed by atoms with E-state index in [1.54, 1.807) is 0 Å². The fourth-order valence-corrected chi connectivity index (χ4v) is 2.64. The smallest absolute Gasteiger partial charge is 0.223 e. The number of hydrazine groups is 1. The van der Waals surface area contributed by atoms with Crippen molar-refractivity contribution in [2.24, 2.45) is 0 Å². The third-order valence-corrected chi connectivity index (χ3v) is 3.76. The van der Waals surface area contributed by atoms with Crippen LogP contribution in [0.1, 0.15) is 18.4 Å². The van der Waals surface area contributed by atoms with E-state index in [4.69, 9.17) is 11.5 Å². The number of nitrogens with one attached hydrogen (secondary N) is 1. The number of likely N-dealkylation sites (tertiary alicyclic amines) is 1. The van der Waals surface area contributed by atoms with E-state index in [-0.39, 0.29) is 5.95 Å². The van der Waals surface area contributed by atoms with Gasteiger partial charge in [-0.2, -0.15) is 9.97 Å². The summed E-state index contributed by atoms with van der Waals surface area (Å²) in [7, 11) is 2.16. The summed E-state index contributed by atoms with van der Waals surface area (Å²) in [6, 6.07) is 0.524. The molecule has 1 fully saturated rings. The SMILES string of the molecule is CN1CCC(N2Cc3c(N)nc(N)nc3N2)CC1. The molecule has 0 radical (unpaired) electrons. The maximum Gasteiger partial charge on any atom is 0.223 e. The molecule has 3 heterocycles. The Morgan fingerprint density at radius 3 is 2.67 bits per heavy atom. The van der Waals surface area contributed by atoms with Crippen molar-refractivity contribution in [1.82, 2.24) is 19.9 Å². The largest absolute Gasteiger partial charge is 0.383 e. The molecule has 0 aromatic carbocycles. The number of rotatable bonds is 1. The quantitative estimate of drug-likeness (QED) is 0.638. The molecule has 3 rings (SSSR count). The van der Waals surface area contributed by atoms with Gasteiger partial charge in [-0.15, -0.1) is 0 Å². The third-order valence-electron chi connectivity index (χ3n) is 3.76. The van der Waals surface area contributed by atoms with Crippen molar-refractivity contribution in [3.8, 4) is 0 Å². The molecule has 2 aliphatic heterocycles. The number of fused-ring (bicyclic) bond motifs is 1. The van der Waals surface area contributed by atoms with Crippen LogP contribution in [0.25, 0.3) is 0 Å². The van der Waals surface area contributed by atoms with Gasteiger partial charge in [-0.3, -0.25) is 0 Å². The topological polar surface area (TPSA) is 96.3 Å². The van der Waals surface area contributed by atoms with Gasteiger partial charge in [-0.25, -0.2) is 5.01 Å². The summed E-state index contributed by atoms with van der Waals surface area (Å²) in [5.74, 6) is 1.48. The summed E-state index contributed by atoms with van der Waals surface area (Å²) >= 11 is 0. The fourth-order valence-electron chi connectivity index (χ4n) is 2.64. The second-order valence-electron chi connectivity index (χ2n) is 5.07. The Labute approximate surface area is 106 Å². The summed E-state index contributed by atoms with van der Waals surface area (Å²) in [4.78, 5) is 10.6. The van der Waals surface area contributed by atoms with Gasteiger partial charge in [0.05, 0.1) is 12.1 Å². The van der Waals surface area contributed by atoms with E-state index in [9.17, 15) is 0 Å². The number of hydrogen-bond donors (Lipinski definition) is 3. The van der Waals surface area contributed by atoms with E-state index >= 15 is 0 Å². The van der Waals surface area contributed by atoms with E-state index in [1.807, 2.05) is 0 Å². The van der Waals surface area contributed by atoms with Crippen molar-refractivity contribution in [1.29, 1.82) is 0 Å². The van der Waals surface area contributed by atoms with Gasteiger partial charge < -0.3 is 21.8 Å². The van der Waals surface area contributed by atoms with Crippen LogP contribution in [0, 0.1) is 0 Å². The molecule has 2 aliphatic rings. The van der Waals surface area contributed by atoms with Gasteiger partial charge in [0.1, 0.15) is 5.82 Å². The zero-order valence-corrected chi connectivity index (χ0v) is 10.6. The average molecular weight is 249 g/mol. The lowest BCUT2D eigenvalue weighted by Gasteiger charge is -2.34. The van der Waals surface area contributed by atoms with Gasteiger partial charge in [0.2, 0.25) is 5.95 Å². The molecular weight excluding hydrogens is 230 g/mol.